The van der Waals surface area contributed by atoms with E-state index in [2.05, 4.69) is 15.7 Å². The molecule has 1 heterocycles. The number of hydrogen-bond donors (Lipinski definition) is 3. The molecule has 2 aromatic rings. The van der Waals surface area contributed by atoms with Crippen molar-refractivity contribution in [3.05, 3.63) is 41.7 Å². The van der Waals surface area contributed by atoms with Crippen LogP contribution in [0.2, 0.25) is 0 Å². The summed E-state index contributed by atoms with van der Waals surface area (Å²) in [7, 11) is 1.91. The molecule has 0 aliphatic rings. The van der Waals surface area contributed by atoms with E-state index in [0.29, 0.717) is 24.3 Å². The van der Waals surface area contributed by atoms with Gasteiger partial charge >= 0.3 is 0 Å². The van der Waals surface area contributed by atoms with Gasteiger partial charge in [-0.05, 0) is 31.2 Å². The second kappa shape index (κ2) is 6.78. The molecular formula is C15H21N5O. The molecule has 0 aliphatic carbocycles. The van der Waals surface area contributed by atoms with Crippen LogP contribution >= 0.6 is 0 Å². The van der Waals surface area contributed by atoms with Crippen molar-refractivity contribution in [1.29, 1.82) is 0 Å². The van der Waals surface area contributed by atoms with Gasteiger partial charge in [-0.25, -0.2) is 0 Å². The Bertz CT molecular complexity index is 620. The van der Waals surface area contributed by atoms with E-state index in [0.717, 1.165) is 17.8 Å². The number of aryl methyl sites for hydroxylation is 1. The fourth-order valence-corrected chi connectivity index (χ4v) is 2.13. The minimum absolute atomic E-state index is 0.0967. The van der Waals surface area contributed by atoms with Crippen molar-refractivity contribution in [3.63, 3.8) is 0 Å². The van der Waals surface area contributed by atoms with Crippen molar-refractivity contribution in [2.24, 2.45) is 7.05 Å². The molecule has 1 aromatic heterocycles. The van der Waals surface area contributed by atoms with E-state index in [4.69, 9.17) is 5.73 Å². The van der Waals surface area contributed by atoms with Gasteiger partial charge in [0.25, 0.3) is 5.91 Å². The summed E-state index contributed by atoms with van der Waals surface area (Å²) in [5.74, 6) is -0.0967. The van der Waals surface area contributed by atoms with Gasteiger partial charge < -0.3 is 16.4 Å². The Labute approximate surface area is 124 Å². The highest BCUT2D eigenvalue weighted by molar-refractivity contribution is 6.00. The zero-order chi connectivity index (χ0) is 15.2. The summed E-state index contributed by atoms with van der Waals surface area (Å²) in [6, 6.07) is 7.24. The zero-order valence-electron chi connectivity index (χ0n) is 12.4. The predicted molar refractivity (Wildman–Crippen MR) is 84.3 cm³/mol. The molecule has 0 spiro atoms. The Morgan fingerprint density at radius 2 is 2.19 bits per heavy atom. The molecule has 0 aliphatic heterocycles. The monoisotopic (exact) mass is 287 g/mol. The number of amides is 1. The lowest BCUT2D eigenvalue weighted by molar-refractivity contribution is 0.0956. The van der Waals surface area contributed by atoms with E-state index < -0.39 is 0 Å². The average Bonchev–Trinajstić information content (AvgIpc) is 2.85. The summed E-state index contributed by atoms with van der Waals surface area (Å²) < 4.78 is 1.84. The number of carbonyl (C=O) groups is 1. The SMILES string of the molecule is CCNC(=O)c1ccc(N)cc1NCCc1ccnn1C. The second-order valence-corrected chi connectivity index (χ2v) is 4.79. The molecule has 6 nitrogen and oxygen atoms in total. The van der Waals surface area contributed by atoms with E-state index in [1.54, 1.807) is 24.4 Å². The second-order valence-electron chi connectivity index (χ2n) is 4.79. The molecule has 0 unspecified atom stereocenters. The summed E-state index contributed by atoms with van der Waals surface area (Å²) in [6.07, 6.45) is 2.59. The number of aromatic nitrogens is 2. The first kappa shape index (κ1) is 14.9. The number of nitrogen functional groups attached to an aromatic ring is 1. The molecule has 0 saturated carbocycles. The van der Waals surface area contributed by atoms with Crippen molar-refractivity contribution in [3.8, 4) is 0 Å². The summed E-state index contributed by atoms with van der Waals surface area (Å²) >= 11 is 0. The highest BCUT2D eigenvalue weighted by Crippen LogP contribution is 2.19. The Balaban J connectivity index is 2.06. The Morgan fingerprint density at radius 1 is 1.38 bits per heavy atom. The first-order valence-electron chi connectivity index (χ1n) is 7.00. The summed E-state index contributed by atoms with van der Waals surface area (Å²) in [4.78, 5) is 12.0. The predicted octanol–water partition coefficient (Wildman–Crippen LogP) is 1.41. The molecular weight excluding hydrogens is 266 g/mol. The van der Waals surface area contributed by atoms with Crippen LogP contribution in [0.4, 0.5) is 11.4 Å². The van der Waals surface area contributed by atoms with Crippen LogP contribution in [-0.4, -0.2) is 28.8 Å². The molecule has 4 N–H and O–H groups in total. The Kier molecular flexibility index (Phi) is 4.81. The molecule has 0 saturated heterocycles. The average molecular weight is 287 g/mol. The van der Waals surface area contributed by atoms with Gasteiger partial charge in [0, 0.05) is 49.8 Å². The van der Waals surface area contributed by atoms with Crippen molar-refractivity contribution < 1.29 is 4.79 Å². The number of carbonyl (C=O) groups excluding carboxylic acids is 1. The topological polar surface area (TPSA) is 85.0 Å². The fraction of sp³-hybridized carbons (Fsp3) is 0.333. The van der Waals surface area contributed by atoms with E-state index in [1.807, 2.05) is 24.7 Å². The minimum Gasteiger partial charge on any atom is -0.399 e. The van der Waals surface area contributed by atoms with Crippen LogP contribution in [0, 0.1) is 0 Å². The van der Waals surface area contributed by atoms with E-state index in [1.165, 1.54) is 0 Å². The lowest BCUT2D eigenvalue weighted by Crippen LogP contribution is -2.24. The first-order chi connectivity index (χ1) is 10.1. The molecule has 1 aromatic carbocycles. The van der Waals surface area contributed by atoms with Crippen LogP contribution in [0.3, 0.4) is 0 Å². The van der Waals surface area contributed by atoms with Crippen molar-refractivity contribution in [2.45, 2.75) is 13.3 Å². The first-order valence-corrected chi connectivity index (χ1v) is 7.00. The normalized spacial score (nSPS) is 10.4. The Morgan fingerprint density at radius 3 is 2.86 bits per heavy atom. The number of anilines is 2. The quantitative estimate of drug-likeness (QED) is 0.701. The van der Waals surface area contributed by atoms with E-state index >= 15 is 0 Å². The van der Waals surface area contributed by atoms with Crippen LogP contribution in [0.25, 0.3) is 0 Å². The molecule has 112 valence electrons. The van der Waals surface area contributed by atoms with Crippen LogP contribution < -0.4 is 16.4 Å². The van der Waals surface area contributed by atoms with Crippen LogP contribution in [-0.2, 0) is 13.5 Å². The zero-order valence-corrected chi connectivity index (χ0v) is 12.4. The molecule has 2 rings (SSSR count). The molecule has 0 bridgehead atoms. The van der Waals surface area contributed by atoms with Crippen LogP contribution in [0.15, 0.2) is 30.5 Å². The number of nitrogens with two attached hydrogens (primary N) is 1. The van der Waals surface area contributed by atoms with Crippen molar-refractivity contribution in [1.82, 2.24) is 15.1 Å². The third-order valence-electron chi connectivity index (χ3n) is 3.24. The lowest BCUT2D eigenvalue weighted by Gasteiger charge is -2.12. The smallest absolute Gasteiger partial charge is 0.253 e. The molecule has 0 radical (unpaired) electrons. The molecule has 0 atom stereocenters. The Hall–Kier alpha value is -2.50. The van der Waals surface area contributed by atoms with E-state index in [-0.39, 0.29) is 5.91 Å². The van der Waals surface area contributed by atoms with Crippen molar-refractivity contribution in [2.75, 3.05) is 24.1 Å². The lowest BCUT2D eigenvalue weighted by atomic mass is 10.1. The highest BCUT2D eigenvalue weighted by atomic mass is 16.1. The minimum atomic E-state index is -0.0967. The summed E-state index contributed by atoms with van der Waals surface area (Å²) in [5, 5.41) is 10.2. The maximum atomic E-state index is 12.0. The van der Waals surface area contributed by atoms with E-state index in [9.17, 15) is 4.79 Å². The van der Waals surface area contributed by atoms with Gasteiger partial charge in [0.05, 0.1) is 5.56 Å². The van der Waals surface area contributed by atoms with Crippen LogP contribution in [0.1, 0.15) is 23.0 Å². The highest BCUT2D eigenvalue weighted by Gasteiger charge is 2.10. The summed E-state index contributed by atoms with van der Waals surface area (Å²) in [6.45, 7) is 3.19. The van der Waals surface area contributed by atoms with Gasteiger partial charge in [-0.2, -0.15) is 5.10 Å². The van der Waals surface area contributed by atoms with Gasteiger partial charge in [0.15, 0.2) is 0 Å². The van der Waals surface area contributed by atoms with Gasteiger partial charge in [0.2, 0.25) is 0 Å². The summed E-state index contributed by atoms with van der Waals surface area (Å²) in [5.41, 5.74) is 8.93. The largest absolute Gasteiger partial charge is 0.399 e. The number of nitrogens with zero attached hydrogens (tertiary/aromatic N) is 2. The third kappa shape index (κ3) is 3.75. The number of rotatable bonds is 6. The van der Waals surface area contributed by atoms with Gasteiger partial charge in [-0.3, -0.25) is 9.48 Å². The number of benzene rings is 1. The van der Waals surface area contributed by atoms with Crippen molar-refractivity contribution >= 4 is 17.3 Å². The standard InChI is InChI=1S/C15H21N5O/c1-3-17-15(21)13-5-4-11(16)10-14(13)18-8-6-12-7-9-19-20(12)2/h4-5,7,9-10,18H,3,6,8,16H2,1-2H3,(H,17,21). The van der Waals surface area contributed by atoms with Gasteiger partial charge in [-0.1, -0.05) is 0 Å². The maximum absolute atomic E-state index is 12.0. The van der Waals surface area contributed by atoms with Crippen LogP contribution in [0.5, 0.6) is 0 Å². The van der Waals surface area contributed by atoms with Gasteiger partial charge in [-0.15, -0.1) is 0 Å². The fourth-order valence-electron chi connectivity index (χ4n) is 2.13. The molecule has 21 heavy (non-hydrogen) atoms. The maximum Gasteiger partial charge on any atom is 0.253 e. The molecule has 1 amide bonds. The number of hydrogen-bond acceptors (Lipinski definition) is 4. The molecule has 0 fully saturated rings. The number of nitrogens with one attached hydrogen (secondary N) is 2. The van der Waals surface area contributed by atoms with Gasteiger partial charge in [0.1, 0.15) is 0 Å². The third-order valence-corrected chi connectivity index (χ3v) is 3.24. The molecule has 6 heteroatoms.